The highest BCUT2D eigenvalue weighted by Crippen LogP contribution is 2.29. The number of nitro groups is 1. The maximum atomic E-state index is 14.9. The van der Waals surface area contributed by atoms with Gasteiger partial charge in [-0.25, -0.2) is 17.5 Å². The summed E-state index contributed by atoms with van der Waals surface area (Å²) in [5.74, 6) is -0.656. The third-order valence-electron chi connectivity index (χ3n) is 8.47. The lowest BCUT2D eigenvalue weighted by Crippen LogP contribution is -2.46. The Morgan fingerprint density at radius 3 is 2.38 bits per heavy atom. The molecule has 5 aromatic rings. The van der Waals surface area contributed by atoms with Crippen molar-refractivity contribution in [3.05, 3.63) is 137 Å². The molecule has 1 saturated heterocycles. The van der Waals surface area contributed by atoms with E-state index in [2.05, 4.69) is 20.1 Å². The highest BCUT2D eigenvalue weighted by molar-refractivity contribution is 7.99. The summed E-state index contributed by atoms with van der Waals surface area (Å²) < 4.78 is 43.1. The van der Waals surface area contributed by atoms with Crippen molar-refractivity contribution in [2.45, 2.75) is 16.3 Å². The second-order valence-electron chi connectivity index (χ2n) is 12.0. The Kier molecular flexibility index (Phi) is 11.3. The highest BCUT2D eigenvalue weighted by atomic mass is 32.2. The van der Waals surface area contributed by atoms with E-state index >= 15 is 0 Å². The van der Waals surface area contributed by atoms with E-state index in [-0.39, 0.29) is 17.0 Å². The zero-order chi connectivity index (χ0) is 36.7. The molecule has 0 bridgehead atoms. The molecule has 6 rings (SSSR count). The Labute approximate surface area is 304 Å². The number of nitrogens with one attached hydrogen (secondary N) is 2. The highest BCUT2D eigenvalue weighted by Gasteiger charge is 2.24. The number of hydrogen-bond donors (Lipinski definition) is 3. The predicted molar refractivity (Wildman–Crippen MR) is 199 cm³/mol. The average Bonchev–Trinajstić information content (AvgIpc) is 3.14. The minimum absolute atomic E-state index is 0.0322. The summed E-state index contributed by atoms with van der Waals surface area (Å²) in [6.07, 6.45) is 2.79. The Balaban J connectivity index is 1.01. The Morgan fingerprint density at radius 2 is 1.69 bits per heavy atom. The number of halogens is 1. The molecule has 0 saturated carbocycles. The Bertz CT molecular complexity index is 2170. The molecule has 0 atom stereocenters. The summed E-state index contributed by atoms with van der Waals surface area (Å²) in [6, 6.07) is 26.2. The van der Waals surface area contributed by atoms with Crippen LogP contribution in [0.15, 0.2) is 119 Å². The number of pyridine rings is 1. The molecule has 52 heavy (non-hydrogen) atoms. The Hall–Kier alpha value is -5.51. The number of aromatic hydroxyl groups is 1. The summed E-state index contributed by atoms with van der Waals surface area (Å²) in [6.45, 7) is 3.77. The number of benzene rings is 4. The van der Waals surface area contributed by atoms with Gasteiger partial charge in [0.05, 0.1) is 16.0 Å². The van der Waals surface area contributed by atoms with E-state index in [1.807, 2.05) is 41.1 Å². The molecule has 3 N–H and O–H groups in total. The van der Waals surface area contributed by atoms with Crippen LogP contribution in [0.2, 0.25) is 0 Å². The number of carbonyl (C=O) groups is 1. The average molecular weight is 743 g/mol. The molecule has 1 amide bonds. The van der Waals surface area contributed by atoms with Gasteiger partial charge in [0, 0.05) is 84.6 Å². The molecule has 0 radical (unpaired) electrons. The molecule has 0 unspecified atom stereocenters. The van der Waals surface area contributed by atoms with Crippen molar-refractivity contribution in [1.82, 2.24) is 14.6 Å². The van der Waals surface area contributed by atoms with Crippen molar-refractivity contribution in [3.8, 4) is 16.9 Å². The fraction of sp³-hybridized carbons (Fsp3) is 0.189. The number of rotatable bonds is 13. The van der Waals surface area contributed by atoms with E-state index in [1.165, 1.54) is 48.8 Å². The first kappa shape index (κ1) is 36.3. The third-order valence-corrected chi connectivity index (χ3v) is 10.8. The van der Waals surface area contributed by atoms with E-state index in [0.717, 1.165) is 22.2 Å². The number of aromatic nitrogens is 1. The van der Waals surface area contributed by atoms with Gasteiger partial charge < -0.3 is 15.3 Å². The molecule has 1 fully saturated rings. The molecule has 268 valence electrons. The van der Waals surface area contributed by atoms with Crippen LogP contribution in [0, 0.1) is 15.9 Å². The van der Waals surface area contributed by atoms with Gasteiger partial charge in [0.2, 0.25) is 0 Å². The second kappa shape index (κ2) is 16.2. The fourth-order valence-electron chi connectivity index (χ4n) is 5.80. The maximum Gasteiger partial charge on any atom is 0.293 e. The van der Waals surface area contributed by atoms with Gasteiger partial charge in [-0.05, 0) is 66.2 Å². The topological polar surface area (TPSA) is 158 Å². The minimum atomic E-state index is -4.41. The van der Waals surface area contributed by atoms with Crippen molar-refractivity contribution in [1.29, 1.82) is 0 Å². The number of carbonyl (C=O) groups excluding carboxylic acids is 1. The van der Waals surface area contributed by atoms with Crippen molar-refractivity contribution >= 4 is 44.8 Å². The number of amides is 1. The van der Waals surface area contributed by atoms with E-state index in [1.54, 1.807) is 30.0 Å². The number of thioether (sulfide) groups is 1. The van der Waals surface area contributed by atoms with Gasteiger partial charge in [-0.3, -0.25) is 24.8 Å². The molecule has 4 aromatic carbocycles. The van der Waals surface area contributed by atoms with Crippen molar-refractivity contribution in [2.24, 2.45) is 0 Å². The Morgan fingerprint density at radius 1 is 0.942 bits per heavy atom. The van der Waals surface area contributed by atoms with Crippen LogP contribution in [-0.2, 0) is 16.6 Å². The van der Waals surface area contributed by atoms with Gasteiger partial charge in [0.25, 0.3) is 21.6 Å². The minimum Gasteiger partial charge on any atom is -0.506 e. The summed E-state index contributed by atoms with van der Waals surface area (Å²) in [7, 11) is -4.41. The second-order valence-corrected chi connectivity index (χ2v) is 14.9. The van der Waals surface area contributed by atoms with Crippen LogP contribution in [0.4, 0.5) is 21.5 Å². The standard InChI is InChI=1S/C37H35FN6O6S2/c38-34-20-26(6-12-33(34)28-21-30(45)24-39-23-28)25-42-15-17-43(18-16-42)29-9-7-27(8-10-29)37(46)41-52(49,50)32-11-13-35(36(22-32)44(47)48)40-14-19-51-31-4-2-1-3-5-31/h1-13,20-24,40,45H,14-19,25H2,(H,41,46). The quantitative estimate of drug-likeness (QED) is 0.0550. The molecule has 0 spiro atoms. The van der Waals surface area contributed by atoms with Gasteiger partial charge in [0.15, 0.2) is 0 Å². The molecule has 12 nitrogen and oxygen atoms in total. The van der Waals surface area contributed by atoms with Gasteiger partial charge in [-0.1, -0.05) is 30.3 Å². The first-order valence-electron chi connectivity index (χ1n) is 16.3. The van der Waals surface area contributed by atoms with E-state index in [4.69, 9.17) is 0 Å². The van der Waals surface area contributed by atoms with Gasteiger partial charge in [-0.2, -0.15) is 0 Å². The largest absolute Gasteiger partial charge is 0.506 e. The van der Waals surface area contributed by atoms with Crippen LogP contribution in [0.1, 0.15) is 15.9 Å². The molecular weight excluding hydrogens is 708 g/mol. The zero-order valence-electron chi connectivity index (χ0n) is 27.8. The maximum absolute atomic E-state index is 14.9. The molecule has 1 aliphatic heterocycles. The lowest BCUT2D eigenvalue weighted by Gasteiger charge is -2.36. The monoisotopic (exact) mass is 742 g/mol. The van der Waals surface area contributed by atoms with E-state index < -0.39 is 37.3 Å². The summed E-state index contributed by atoms with van der Waals surface area (Å²) in [5.41, 5.74) is 2.41. The predicted octanol–water partition coefficient (Wildman–Crippen LogP) is 6.15. The first-order chi connectivity index (χ1) is 25.1. The SMILES string of the molecule is O=C(NS(=O)(=O)c1ccc(NCCSc2ccccc2)c([N+](=O)[O-])c1)c1ccc(N2CCN(Cc3ccc(-c4cncc(O)c4)c(F)c3)CC2)cc1. The lowest BCUT2D eigenvalue weighted by molar-refractivity contribution is -0.384. The molecule has 1 aromatic heterocycles. The lowest BCUT2D eigenvalue weighted by atomic mass is 10.0. The number of nitrogens with zero attached hydrogens (tertiary/aromatic N) is 4. The van der Waals surface area contributed by atoms with Crippen molar-refractivity contribution in [3.63, 3.8) is 0 Å². The number of hydrogen-bond acceptors (Lipinski definition) is 11. The van der Waals surface area contributed by atoms with Crippen LogP contribution >= 0.6 is 11.8 Å². The zero-order valence-corrected chi connectivity index (χ0v) is 29.4. The van der Waals surface area contributed by atoms with Crippen LogP contribution in [0.3, 0.4) is 0 Å². The van der Waals surface area contributed by atoms with Crippen molar-refractivity contribution in [2.75, 3.05) is 48.7 Å². The molecule has 2 heterocycles. The number of sulfonamides is 1. The first-order valence-corrected chi connectivity index (χ1v) is 18.8. The van der Waals surface area contributed by atoms with Crippen LogP contribution < -0.4 is 14.9 Å². The van der Waals surface area contributed by atoms with Gasteiger partial charge in [-0.15, -0.1) is 11.8 Å². The number of anilines is 2. The van der Waals surface area contributed by atoms with Crippen molar-refractivity contribution < 1.29 is 27.6 Å². The van der Waals surface area contributed by atoms with E-state index in [0.29, 0.717) is 56.1 Å². The smallest absolute Gasteiger partial charge is 0.293 e. The number of nitro benzene ring substituents is 1. The summed E-state index contributed by atoms with van der Waals surface area (Å²) in [5, 5.41) is 24.5. The fourth-order valence-corrected chi connectivity index (χ4v) is 7.59. The third kappa shape index (κ3) is 9.04. The molecular formula is C37H35FN6O6S2. The molecule has 1 aliphatic rings. The summed E-state index contributed by atoms with van der Waals surface area (Å²) in [4.78, 5) is 33.0. The van der Waals surface area contributed by atoms with Crippen LogP contribution in [0.25, 0.3) is 11.1 Å². The number of piperazine rings is 1. The molecule has 0 aliphatic carbocycles. The van der Waals surface area contributed by atoms with Crippen LogP contribution in [-0.4, -0.2) is 72.7 Å². The van der Waals surface area contributed by atoms with Crippen LogP contribution in [0.5, 0.6) is 5.75 Å². The normalized spacial score (nSPS) is 13.4. The molecule has 15 heteroatoms. The van der Waals surface area contributed by atoms with Gasteiger partial charge >= 0.3 is 0 Å². The van der Waals surface area contributed by atoms with Gasteiger partial charge in [0.1, 0.15) is 17.3 Å². The summed E-state index contributed by atoms with van der Waals surface area (Å²) >= 11 is 1.58. The van der Waals surface area contributed by atoms with E-state index in [9.17, 15) is 32.8 Å².